The lowest BCUT2D eigenvalue weighted by Crippen LogP contribution is -2.41. The molecule has 0 spiro atoms. The second-order valence-electron chi connectivity index (χ2n) is 4.95. The van der Waals surface area contributed by atoms with E-state index in [-0.39, 0.29) is 17.8 Å². The van der Waals surface area contributed by atoms with Gasteiger partial charge in [-0.3, -0.25) is 4.79 Å². The van der Waals surface area contributed by atoms with Crippen molar-refractivity contribution in [3.8, 4) is 0 Å². The van der Waals surface area contributed by atoms with Crippen molar-refractivity contribution < 1.29 is 14.3 Å². The fraction of sp³-hybridized carbons (Fsp3) is 0.818. The van der Waals surface area contributed by atoms with Crippen molar-refractivity contribution in [2.45, 2.75) is 52.2 Å². The molecule has 0 saturated carbocycles. The predicted molar refractivity (Wildman–Crippen MR) is 56.2 cm³/mol. The maximum atomic E-state index is 11.7. The van der Waals surface area contributed by atoms with E-state index in [1.165, 1.54) is 0 Å². The number of rotatable bonds is 2. The van der Waals surface area contributed by atoms with Crippen LogP contribution < -0.4 is 5.32 Å². The first-order valence-corrected chi connectivity index (χ1v) is 5.35. The summed E-state index contributed by atoms with van der Waals surface area (Å²) in [6.45, 7) is 7.44. The summed E-state index contributed by atoms with van der Waals surface area (Å²) < 4.78 is 5.25. The third-order valence-electron chi connectivity index (χ3n) is 2.42. The first kappa shape index (κ1) is 12.0. The molecule has 0 unspecified atom stereocenters. The van der Waals surface area contributed by atoms with Gasteiger partial charge in [0.2, 0.25) is 5.91 Å². The Kier molecular flexibility index (Phi) is 3.37. The van der Waals surface area contributed by atoms with Crippen LogP contribution in [0.2, 0.25) is 0 Å². The second-order valence-corrected chi connectivity index (χ2v) is 4.95. The molecule has 0 aromatic carbocycles. The minimum absolute atomic E-state index is 0.0577. The lowest BCUT2D eigenvalue weighted by Gasteiger charge is -2.24. The molecule has 0 aliphatic carbocycles. The summed E-state index contributed by atoms with van der Waals surface area (Å²) in [6.07, 6.45) is 1.24. The predicted octanol–water partition coefficient (Wildman–Crippen LogP) is 1.24. The fourth-order valence-corrected chi connectivity index (χ4v) is 1.70. The summed E-state index contributed by atoms with van der Waals surface area (Å²) in [5.41, 5.74) is -0.497. The van der Waals surface area contributed by atoms with E-state index in [4.69, 9.17) is 4.74 Å². The number of ether oxygens (including phenoxy) is 1. The Morgan fingerprint density at radius 1 is 1.53 bits per heavy atom. The Morgan fingerprint density at radius 2 is 2.13 bits per heavy atom. The maximum Gasteiger partial charge on any atom is 0.329 e. The average molecular weight is 213 g/mol. The Hall–Kier alpha value is -1.06. The third-order valence-corrected chi connectivity index (χ3v) is 2.42. The van der Waals surface area contributed by atoms with Crippen LogP contribution in [0.25, 0.3) is 0 Å². The topological polar surface area (TPSA) is 55.4 Å². The number of amides is 1. The Morgan fingerprint density at radius 3 is 2.60 bits per heavy atom. The van der Waals surface area contributed by atoms with Crippen LogP contribution in [0.15, 0.2) is 0 Å². The van der Waals surface area contributed by atoms with Gasteiger partial charge in [0.25, 0.3) is 0 Å². The van der Waals surface area contributed by atoms with Gasteiger partial charge in [0.15, 0.2) is 0 Å². The van der Waals surface area contributed by atoms with Gasteiger partial charge in [-0.15, -0.1) is 0 Å². The van der Waals surface area contributed by atoms with E-state index in [0.717, 1.165) is 6.42 Å². The zero-order chi connectivity index (χ0) is 11.6. The molecule has 1 aliphatic rings. The van der Waals surface area contributed by atoms with E-state index in [1.807, 2.05) is 27.7 Å². The summed E-state index contributed by atoms with van der Waals surface area (Å²) in [5.74, 6) is -0.301. The number of carbonyl (C=O) groups is 2. The van der Waals surface area contributed by atoms with Crippen molar-refractivity contribution in [2.75, 3.05) is 0 Å². The van der Waals surface area contributed by atoms with Gasteiger partial charge < -0.3 is 10.1 Å². The molecule has 0 bridgehead atoms. The molecule has 0 radical (unpaired) electrons. The van der Waals surface area contributed by atoms with E-state index in [2.05, 4.69) is 5.32 Å². The van der Waals surface area contributed by atoms with Crippen LogP contribution in [0.3, 0.4) is 0 Å². The van der Waals surface area contributed by atoms with Crippen LogP contribution in [0.1, 0.15) is 40.5 Å². The first-order chi connectivity index (χ1) is 6.83. The van der Waals surface area contributed by atoms with Crippen LogP contribution in [0, 0.1) is 5.92 Å². The highest BCUT2D eigenvalue weighted by Gasteiger charge is 2.38. The van der Waals surface area contributed by atoms with Crippen LogP contribution in [-0.2, 0) is 14.3 Å². The van der Waals surface area contributed by atoms with Crippen molar-refractivity contribution in [2.24, 2.45) is 5.92 Å². The van der Waals surface area contributed by atoms with Crippen LogP contribution in [0.5, 0.6) is 0 Å². The van der Waals surface area contributed by atoms with Gasteiger partial charge >= 0.3 is 5.97 Å². The van der Waals surface area contributed by atoms with Crippen LogP contribution in [0.4, 0.5) is 0 Å². The van der Waals surface area contributed by atoms with E-state index in [9.17, 15) is 9.59 Å². The number of esters is 1. The van der Waals surface area contributed by atoms with E-state index in [0.29, 0.717) is 6.42 Å². The summed E-state index contributed by atoms with van der Waals surface area (Å²) in [7, 11) is 0. The van der Waals surface area contributed by atoms with E-state index < -0.39 is 11.6 Å². The Bertz CT molecular complexity index is 267. The molecule has 1 heterocycles. The molecule has 1 N–H and O–H groups in total. The van der Waals surface area contributed by atoms with Crippen LogP contribution >= 0.6 is 0 Å². The smallest absolute Gasteiger partial charge is 0.329 e. The monoisotopic (exact) mass is 213 g/mol. The minimum atomic E-state index is -0.497. The number of hydrogen-bond donors (Lipinski definition) is 1. The number of nitrogens with one attached hydrogen (secondary N) is 1. The molecule has 4 heteroatoms. The highest BCUT2D eigenvalue weighted by molar-refractivity contribution is 5.88. The molecule has 2 atom stereocenters. The van der Waals surface area contributed by atoms with Gasteiger partial charge in [-0.1, -0.05) is 13.3 Å². The highest BCUT2D eigenvalue weighted by atomic mass is 16.6. The van der Waals surface area contributed by atoms with E-state index in [1.54, 1.807) is 0 Å². The first-order valence-electron chi connectivity index (χ1n) is 5.35. The molecule has 1 saturated heterocycles. The Labute approximate surface area is 90.4 Å². The third kappa shape index (κ3) is 3.22. The van der Waals surface area contributed by atoms with Crippen molar-refractivity contribution in [3.63, 3.8) is 0 Å². The summed E-state index contributed by atoms with van der Waals surface area (Å²) >= 11 is 0. The molecule has 4 nitrogen and oxygen atoms in total. The molecular formula is C11H19NO3. The van der Waals surface area contributed by atoms with Crippen LogP contribution in [-0.4, -0.2) is 23.5 Å². The molecule has 1 rings (SSSR count). The second kappa shape index (κ2) is 4.21. The molecule has 0 aromatic heterocycles. The van der Waals surface area contributed by atoms with Gasteiger partial charge in [0, 0.05) is 6.42 Å². The average Bonchev–Trinajstić information content (AvgIpc) is 2.43. The maximum absolute atomic E-state index is 11.7. The van der Waals surface area contributed by atoms with Crippen molar-refractivity contribution in [1.82, 2.24) is 5.32 Å². The normalized spacial score (nSPS) is 26.3. The van der Waals surface area contributed by atoms with Gasteiger partial charge in [0.05, 0.1) is 0 Å². The minimum Gasteiger partial charge on any atom is -0.458 e. The van der Waals surface area contributed by atoms with Gasteiger partial charge in [-0.2, -0.15) is 0 Å². The standard InChI is InChI=1S/C11H19NO3/c1-5-7-6-8(13)12-9(7)10(14)15-11(2,3)4/h7,9H,5-6H2,1-4H3,(H,12,13)/t7-,9+/m1/s1. The van der Waals surface area contributed by atoms with Gasteiger partial charge in [-0.25, -0.2) is 4.79 Å². The molecule has 0 aromatic rings. The molecule has 1 amide bonds. The Balaban J connectivity index is 2.63. The molecule has 86 valence electrons. The molecule has 1 fully saturated rings. The summed E-state index contributed by atoms with van der Waals surface area (Å²) in [4.78, 5) is 22.9. The molecular weight excluding hydrogens is 194 g/mol. The fourth-order valence-electron chi connectivity index (χ4n) is 1.70. The number of hydrogen-bond acceptors (Lipinski definition) is 3. The summed E-state index contributed by atoms with van der Waals surface area (Å²) in [6, 6.07) is -0.457. The van der Waals surface area contributed by atoms with E-state index >= 15 is 0 Å². The quantitative estimate of drug-likeness (QED) is 0.702. The SMILES string of the molecule is CC[C@@H]1CC(=O)N[C@@H]1C(=O)OC(C)(C)C. The zero-order valence-electron chi connectivity index (χ0n) is 9.79. The van der Waals surface area contributed by atoms with Gasteiger partial charge in [-0.05, 0) is 26.7 Å². The van der Waals surface area contributed by atoms with Crippen molar-refractivity contribution >= 4 is 11.9 Å². The van der Waals surface area contributed by atoms with Crippen molar-refractivity contribution in [1.29, 1.82) is 0 Å². The summed E-state index contributed by atoms with van der Waals surface area (Å²) in [5, 5.41) is 2.66. The number of carbonyl (C=O) groups excluding carboxylic acids is 2. The lowest BCUT2D eigenvalue weighted by molar-refractivity contribution is -0.158. The largest absolute Gasteiger partial charge is 0.458 e. The van der Waals surface area contributed by atoms with Gasteiger partial charge in [0.1, 0.15) is 11.6 Å². The lowest BCUT2D eigenvalue weighted by atomic mass is 9.98. The van der Waals surface area contributed by atoms with Crippen molar-refractivity contribution in [3.05, 3.63) is 0 Å². The molecule has 1 aliphatic heterocycles. The highest BCUT2D eigenvalue weighted by Crippen LogP contribution is 2.22. The zero-order valence-corrected chi connectivity index (χ0v) is 9.79. The molecule has 15 heavy (non-hydrogen) atoms.